The molecule has 3 N–H and O–H groups in total. The number of nitrogens with zero attached hydrogens (tertiary/aromatic N) is 12. The Kier molecular flexibility index (Phi) is 35.9. The number of aliphatic carboxylic acids is 3. The Balaban J connectivity index is 0.000000311. The van der Waals surface area contributed by atoms with Gasteiger partial charge in [0.2, 0.25) is 17.7 Å². The number of carboxylic acid groups (broad SMARTS) is 3. The van der Waals surface area contributed by atoms with Gasteiger partial charge in [-0.05, 0) is 118 Å². The number of carbonyl (C=O) groups excluding carboxylic acids is 6. The molecule has 9 aromatic rings. The van der Waals surface area contributed by atoms with Gasteiger partial charge in [0.1, 0.15) is 0 Å². The van der Waals surface area contributed by atoms with Crippen molar-refractivity contribution in [2.45, 2.75) is 158 Å². The van der Waals surface area contributed by atoms with Crippen LogP contribution in [0.1, 0.15) is 137 Å². The first kappa shape index (κ1) is 83.8. The predicted octanol–water partition coefficient (Wildman–Crippen LogP) is -0.507. The maximum Gasteiger partial charge on any atom is 1.00 e. The summed E-state index contributed by atoms with van der Waals surface area (Å²) in [5.41, 5.74) is 10.9. The van der Waals surface area contributed by atoms with Crippen molar-refractivity contribution in [2.75, 3.05) is 0 Å². The fraction of sp³-hybridized carbons (Fsp3) is 0.375. The molecule has 9 rings (SSSR count). The number of aromatic amines is 3. The minimum atomic E-state index is -1.23. The number of hydrogen-bond donors (Lipinski definition) is 3. The van der Waals surface area contributed by atoms with Crippen molar-refractivity contribution in [1.29, 1.82) is 0 Å². The van der Waals surface area contributed by atoms with Gasteiger partial charge in [0.15, 0.2) is 17.5 Å². The number of hydrogen-bond acceptors (Lipinski definition) is 18. The number of unbranched alkanes of at least 4 members (excludes halogenated alkanes) is 3. The van der Waals surface area contributed by atoms with Crippen molar-refractivity contribution >= 4 is 35.6 Å². The average molecular weight is 1370 g/mol. The van der Waals surface area contributed by atoms with Crippen LogP contribution in [0.2, 0.25) is 0 Å². The van der Waals surface area contributed by atoms with E-state index in [1.807, 2.05) is 166 Å². The summed E-state index contributed by atoms with van der Waals surface area (Å²) < 4.78 is 0. The molecule has 0 spiro atoms. The van der Waals surface area contributed by atoms with Gasteiger partial charge in [-0.25, -0.2) is 15.3 Å². The van der Waals surface area contributed by atoms with Crippen LogP contribution in [-0.4, -0.2) is 130 Å². The number of benzene rings is 6. The second kappa shape index (κ2) is 42.5. The van der Waals surface area contributed by atoms with Crippen LogP contribution in [0.3, 0.4) is 0 Å². The molecule has 0 aliphatic rings. The Hall–Kier alpha value is -7.65. The van der Waals surface area contributed by atoms with E-state index in [0.717, 1.165) is 105 Å². The molecule has 0 unspecified atom stereocenters. The molecule has 24 nitrogen and oxygen atoms in total. The first-order valence-corrected chi connectivity index (χ1v) is 32.5. The van der Waals surface area contributed by atoms with Crippen LogP contribution < -0.4 is 104 Å². The van der Waals surface area contributed by atoms with E-state index in [2.05, 4.69) is 61.9 Å². The van der Waals surface area contributed by atoms with Crippen LogP contribution in [0.4, 0.5) is 0 Å². The van der Waals surface area contributed by atoms with Gasteiger partial charge in [-0.1, -0.05) is 227 Å². The average Bonchev–Trinajstić information content (AvgIpc) is 1.81. The van der Waals surface area contributed by atoms with Crippen molar-refractivity contribution in [2.24, 2.45) is 17.8 Å². The van der Waals surface area contributed by atoms with Crippen molar-refractivity contribution < 1.29 is 133 Å². The summed E-state index contributed by atoms with van der Waals surface area (Å²) in [5, 5.41) is 77.7. The Morgan fingerprint density at radius 3 is 0.758 bits per heavy atom. The number of nitrogens with one attached hydrogen (secondary N) is 3. The molecule has 6 aromatic carbocycles. The van der Waals surface area contributed by atoms with E-state index in [4.69, 9.17) is 0 Å². The van der Waals surface area contributed by atoms with Crippen LogP contribution in [0.5, 0.6) is 0 Å². The monoisotopic (exact) mass is 1370 g/mol. The van der Waals surface area contributed by atoms with Gasteiger partial charge in [-0.2, -0.15) is 0 Å². The van der Waals surface area contributed by atoms with Crippen LogP contribution in [0.25, 0.3) is 67.5 Å². The maximum absolute atomic E-state index is 12.8. The van der Waals surface area contributed by atoms with Crippen LogP contribution in [-0.2, 0) is 48.4 Å². The number of aromatic nitrogens is 12. The maximum atomic E-state index is 12.8. The second-order valence-corrected chi connectivity index (χ2v) is 24.4. The summed E-state index contributed by atoms with van der Waals surface area (Å²) >= 11 is 0. The summed E-state index contributed by atoms with van der Waals surface area (Å²) in [6.07, 6.45) is 5.74. The molecule has 0 aliphatic carbocycles. The summed E-state index contributed by atoms with van der Waals surface area (Å²) in [6.45, 7) is 17.4. The van der Waals surface area contributed by atoms with Crippen molar-refractivity contribution in [1.82, 2.24) is 76.6 Å². The third-order valence-corrected chi connectivity index (χ3v) is 16.3. The Morgan fingerprint density at radius 2 is 0.576 bits per heavy atom. The Labute approximate surface area is 644 Å². The predicted molar refractivity (Wildman–Crippen MR) is 356 cm³/mol. The fourth-order valence-corrected chi connectivity index (χ4v) is 11.3. The van der Waals surface area contributed by atoms with E-state index in [0.29, 0.717) is 36.7 Å². The number of carboxylic acids is 3. The fourth-order valence-electron chi connectivity index (χ4n) is 11.3. The number of rotatable bonds is 30. The zero-order valence-electron chi connectivity index (χ0n) is 58.8. The van der Waals surface area contributed by atoms with Gasteiger partial charge < -0.3 is 44.4 Å². The SMILES string of the molecule is CCCCC(=O)N(Cc1ccc(-c2ccccc2-c2nnn[nH]2)cc1)[C@H](C(=O)[O-])C(C)C.CCCCC(=O)N(Cc1ccc(-c2ccccc2-c2nnn[nH]2)cc1)[C@H](C(=O)[O-])C(C)C.CCCCC(=O)N(Cc1ccc(-c2ccccc2-c2nnn[nH]2)cc1)[C@H](C(=O)[O-])C(C)C.[Na+].[Na+].[Na+]. The van der Waals surface area contributed by atoms with E-state index >= 15 is 0 Å². The summed E-state index contributed by atoms with van der Waals surface area (Å²) in [4.78, 5) is 78.3. The molecule has 0 saturated heterocycles. The zero-order valence-corrected chi connectivity index (χ0v) is 64.8. The van der Waals surface area contributed by atoms with Crippen LogP contribution >= 0.6 is 0 Å². The quantitative estimate of drug-likeness (QED) is 0.0478. The van der Waals surface area contributed by atoms with E-state index in [1.54, 1.807) is 41.5 Å². The molecule has 3 amide bonds. The van der Waals surface area contributed by atoms with E-state index in [9.17, 15) is 44.1 Å². The number of carbonyl (C=O) groups is 6. The van der Waals surface area contributed by atoms with E-state index in [-0.39, 0.29) is 144 Å². The number of amides is 3. The molecule has 0 fully saturated rings. The van der Waals surface area contributed by atoms with Gasteiger partial charge in [0.05, 0.1) is 36.0 Å². The third kappa shape index (κ3) is 23.7. The van der Waals surface area contributed by atoms with Crippen molar-refractivity contribution in [3.8, 4) is 67.5 Å². The first-order valence-electron chi connectivity index (χ1n) is 32.5. The normalized spacial score (nSPS) is 11.6. The molecule has 3 aromatic heterocycles. The second-order valence-electron chi connectivity index (χ2n) is 24.4. The largest absolute Gasteiger partial charge is 1.00 e. The van der Waals surface area contributed by atoms with E-state index in [1.165, 1.54) is 14.7 Å². The van der Waals surface area contributed by atoms with Gasteiger partial charge in [-0.15, -0.1) is 15.3 Å². The van der Waals surface area contributed by atoms with Crippen molar-refractivity contribution in [3.63, 3.8) is 0 Å². The van der Waals surface area contributed by atoms with Gasteiger partial charge >= 0.3 is 88.7 Å². The molecule has 504 valence electrons. The summed E-state index contributed by atoms with van der Waals surface area (Å²) in [5.74, 6) is -3.22. The molecule has 0 aliphatic heterocycles. The van der Waals surface area contributed by atoms with Gasteiger partial charge in [0, 0.05) is 55.6 Å². The topological polar surface area (TPSA) is 345 Å². The molecule has 3 atom stereocenters. The van der Waals surface area contributed by atoms with Crippen LogP contribution in [0.15, 0.2) is 146 Å². The summed E-state index contributed by atoms with van der Waals surface area (Å²) in [6, 6.07) is 43.6. The molecule has 0 saturated carbocycles. The van der Waals surface area contributed by atoms with E-state index < -0.39 is 36.0 Å². The molecule has 99 heavy (non-hydrogen) atoms. The number of tetrazole rings is 3. The Bertz CT molecular complexity index is 3520. The Morgan fingerprint density at radius 1 is 0.354 bits per heavy atom. The van der Waals surface area contributed by atoms with Gasteiger partial charge in [0.25, 0.3) is 0 Å². The smallest absolute Gasteiger partial charge is 0.548 e. The zero-order chi connectivity index (χ0) is 69.3. The number of H-pyrrole nitrogens is 3. The van der Waals surface area contributed by atoms with Gasteiger partial charge in [-0.3, -0.25) is 14.4 Å². The molecule has 27 heteroatoms. The molecule has 0 radical (unpaired) electrons. The standard InChI is InChI=1S/3C24H29N5O3.3Na/c3*1-4-5-10-21(30)29(22(16(2)3)24(31)32)15-17-11-13-18(14-12-17)19-8-6-7-9-20(19)23-25-27-28-26-23;;;/h3*6-9,11-14,16,22H,4-5,10,15H2,1-3H3,(H,31,32)(H,25,26,27,28);;;/q;;;3*+1/p-3/t3*22-;;;/m000.../s1. The summed E-state index contributed by atoms with van der Waals surface area (Å²) in [7, 11) is 0. The minimum absolute atomic E-state index is 0. The molecule has 0 bridgehead atoms. The van der Waals surface area contributed by atoms with Crippen molar-refractivity contribution in [3.05, 3.63) is 162 Å². The minimum Gasteiger partial charge on any atom is -0.548 e. The molecular formula is C72H84N15Na3O9. The first-order chi connectivity index (χ1) is 46.3. The third-order valence-electron chi connectivity index (χ3n) is 16.3. The van der Waals surface area contributed by atoms with Crippen LogP contribution in [0, 0.1) is 17.8 Å². The molecular weight excluding hydrogens is 1290 g/mol. The molecule has 3 heterocycles.